The summed E-state index contributed by atoms with van der Waals surface area (Å²) in [5.74, 6) is 1.34. The number of carbonyl (C=O) groups excluding carboxylic acids is 2. The Hall–Kier alpha value is -3.86. The van der Waals surface area contributed by atoms with Crippen molar-refractivity contribution >= 4 is 28.3 Å². The van der Waals surface area contributed by atoms with Crippen LogP contribution in [-0.2, 0) is 4.79 Å². The first-order chi connectivity index (χ1) is 16.9. The van der Waals surface area contributed by atoms with E-state index in [-0.39, 0.29) is 18.6 Å². The van der Waals surface area contributed by atoms with E-state index in [1.807, 2.05) is 26.0 Å². The summed E-state index contributed by atoms with van der Waals surface area (Å²) in [6.45, 7) is 4.03. The number of anilines is 1. The molecule has 4 rings (SSSR count). The summed E-state index contributed by atoms with van der Waals surface area (Å²) in [7, 11) is 3.01. The van der Waals surface area contributed by atoms with E-state index in [0.29, 0.717) is 45.1 Å². The van der Waals surface area contributed by atoms with E-state index in [4.69, 9.17) is 18.9 Å². The van der Waals surface area contributed by atoms with Crippen molar-refractivity contribution in [3.63, 3.8) is 0 Å². The largest absolute Gasteiger partial charge is 0.497 e. The molecular weight excluding hydrogens is 472 g/mol. The Kier molecular flexibility index (Phi) is 7.35. The van der Waals surface area contributed by atoms with E-state index in [1.54, 1.807) is 24.3 Å². The first-order valence-corrected chi connectivity index (χ1v) is 11.8. The number of hydrogen-bond donors (Lipinski definition) is 2. The molecule has 0 saturated heterocycles. The van der Waals surface area contributed by atoms with E-state index in [1.165, 1.54) is 25.6 Å². The van der Waals surface area contributed by atoms with Crippen LogP contribution in [0.25, 0.3) is 10.6 Å². The molecule has 3 aromatic rings. The van der Waals surface area contributed by atoms with E-state index in [9.17, 15) is 9.59 Å². The van der Waals surface area contributed by atoms with Gasteiger partial charge in [0, 0.05) is 17.2 Å². The maximum Gasteiger partial charge on any atom is 0.252 e. The zero-order valence-electron chi connectivity index (χ0n) is 19.8. The number of methoxy groups -OCH3 is 2. The Morgan fingerprint density at radius 1 is 1.06 bits per heavy atom. The van der Waals surface area contributed by atoms with Crippen LogP contribution in [0.15, 0.2) is 36.4 Å². The van der Waals surface area contributed by atoms with Crippen molar-refractivity contribution in [2.75, 3.05) is 26.3 Å². The topological polar surface area (TPSA) is 121 Å². The van der Waals surface area contributed by atoms with Crippen LogP contribution < -0.4 is 29.6 Å². The van der Waals surface area contributed by atoms with Gasteiger partial charge in [-0.1, -0.05) is 31.6 Å². The second-order valence-corrected chi connectivity index (χ2v) is 8.89. The molecule has 10 nitrogen and oxygen atoms in total. The second kappa shape index (κ2) is 10.6. The number of aromatic nitrogens is 2. The highest BCUT2D eigenvalue weighted by Crippen LogP contribution is 2.37. The Morgan fingerprint density at radius 2 is 1.77 bits per heavy atom. The summed E-state index contributed by atoms with van der Waals surface area (Å²) in [6, 6.07) is 9.53. The lowest BCUT2D eigenvalue weighted by atomic mass is 9.98. The zero-order valence-corrected chi connectivity index (χ0v) is 20.6. The normalized spacial score (nSPS) is 13.6. The number of ether oxygens (including phenoxy) is 4. The lowest BCUT2D eigenvalue weighted by Gasteiger charge is -2.23. The van der Waals surface area contributed by atoms with Crippen molar-refractivity contribution in [3.8, 4) is 33.6 Å². The Bertz CT molecular complexity index is 1210. The Labute approximate surface area is 206 Å². The van der Waals surface area contributed by atoms with E-state index in [2.05, 4.69) is 20.8 Å². The molecule has 1 aromatic heterocycles. The molecule has 0 aliphatic carbocycles. The molecule has 2 heterocycles. The molecule has 0 spiro atoms. The van der Waals surface area contributed by atoms with Crippen molar-refractivity contribution < 1.29 is 28.5 Å². The highest BCUT2D eigenvalue weighted by molar-refractivity contribution is 7.18. The third-order valence-corrected chi connectivity index (χ3v) is 6.56. The van der Waals surface area contributed by atoms with Gasteiger partial charge in [-0.2, -0.15) is 0 Å². The van der Waals surface area contributed by atoms with Gasteiger partial charge in [0.15, 0.2) is 11.5 Å². The van der Waals surface area contributed by atoms with Crippen LogP contribution in [0.1, 0.15) is 30.6 Å². The van der Waals surface area contributed by atoms with E-state index < -0.39 is 11.9 Å². The lowest BCUT2D eigenvalue weighted by molar-refractivity contribution is -0.119. The highest BCUT2D eigenvalue weighted by Gasteiger charge is 2.28. The van der Waals surface area contributed by atoms with E-state index >= 15 is 0 Å². The quantitative estimate of drug-likeness (QED) is 0.458. The zero-order chi connectivity index (χ0) is 24.9. The van der Waals surface area contributed by atoms with Crippen molar-refractivity contribution in [2.24, 2.45) is 5.92 Å². The molecule has 0 saturated carbocycles. The minimum absolute atomic E-state index is 0.132. The molecule has 2 atom stereocenters. The molecule has 2 amide bonds. The third-order valence-electron chi connectivity index (χ3n) is 5.67. The monoisotopic (exact) mass is 498 g/mol. The molecule has 35 heavy (non-hydrogen) atoms. The van der Waals surface area contributed by atoms with Crippen molar-refractivity contribution in [1.82, 2.24) is 15.5 Å². The lowest BCUT2D eigenvalue weighted by Crippen LogP contribution is -2.47. The maximum absolute atomic E-state index is 13.2. The number of nitrogens with one attached hydrogen (secondary N) is 2. The number of hydrogen-bond acceptors (Lipinski definition) is 9. The minimum Gasteiger partial charge on any atom is -0.497 e. The van der Waals surface area contributed by atoms with Gasteiger partial charge in [-0.3, -0.25) is 14.9 Å². The average molecular weight is 499 g/mol. The number of benzene rings is 2. The number of rotatable bonds is 9. The molecule has 0 bridgehead atoms. The standard InChI is InChI=1S/C24H26N4O6S/c1-5-13(2)20(25-21(29)15-8-16(31-3)11-17(9-15)32-4)22(30)26-24-28-27-23(35-24)14-6-7-18-19(10-14)34-12-33-18/h6-11,13,20H,5,12H2,1-4H3,(H,25,29)(H,26,28,30). The Morgan fingerprint density at radius 3 is 2.46 bits per heavy atom. The van der Waals surface area contributed by atoms with Gasteiger partial charge in [-0.05, 0) is 36.2 Å². The summed E-state index contributed by atoms with van der Waals surface area (Å²) in [5.41, 5.74) is 1.12. The second-order valence-electron chi connectivity index (χ2n) is 7.91. The van der Waals surface area contributed by atoms with Gasteiger partial charge in [-0.15, -0.1) is 10.2 Å². The summed E-state index contributed by atoms with van der Waals surface area (Å²) < 4.78 is 21.2. The highest BCUT2D eigenvalue weighted by atomic mass is 32.1. The van der Waals surface area contributed by atoms with Gasteiger partial charge in [0.1, 0.15) is 22.5 Å². The van der Waals surface area contributed by atoms with Gasteiger partial charge in [0.2, 0.25) is 17.8 Å². The molecule has 11 heteroatoms. The third kappa shape index (κ3) is 5.46. The van der Waals surface area contributed by atoms with Crippen LogP contribution in [0.3, 0.4) is 0 Å². The van der Waals surface area contributed by atoms with Crippen LogP contribution in [0, 0.1) is 5.92 Å². The SMILES string of the molecule is CCC(C)C(NC(=O)c1cc(OC)cc(OC)c1)C(=O)Nc1nnc(-c2ccc3c(c2)OCO3)s1. The Balaban J connectivity index is 1.48. The number of fused-ring (bicyclic) bond motifs is 1. The molecule has 0 fully saturated rings. The molecular formula is C24H26N4O6S. The van der Waals surface area contributed by atoms with Crippen molar-refractivity contribution in [1.29, 1.82) is 0 Å². The summed E-state index contributed by atoms with van der Waals surface area (Å²) in [4.78, 5) is 26.2. The fraction of sp³-hybridized carbons (Fsp3) is 0.333. The predicted molar refractivity (Wildman–Crippen MR) is 130 cm³/mol. The fourth-order valence-electron chi connectivity index (χ4n) is 3.47. The van der Waals surface area contributed by atoms with Crippen LogP contribution in [0.5, 0.6) is 23.0 Å². The molecule has 2 unspecified atom stereocenters. The average Bonchev–Trinajstić information content (AvgIpc) is 3.55. The smallest absolute Gasteiger partial charge is 0.252 e. The van der Waals surface area contributed by atoms with E-state index in [0.717, 1.165) is 5.56 Å². The van der Waals surface area contributed by atoms with Gasteiger partial charge < -0.3 is 24.3 Å². The summed E-state index contributed by atoms with van der Waals surface area (Å²) >= 11 is 1.23. The van der Waals surface area contributed by atoms with Gasteiger partial charge in [0.25, 0.3) is 5.91 Å². The van der Waals surface area contributed by atoms with Gasteiger partial charge >= 0.3 is 0 Å². The first kappa shape index (κ1) is 24.3. The van der Waals surface area contributed by atoms with Crippen LogP contribution >= 0.6 is 11.3 Å². The molecule has 0 radical (unpaired) electrons. The minimum atomic E-state index is -0.789. The van der Waals surface area contributed by atoms with Crippen LogP contribution in [0.2, 0.25) is 0 Å². The first-order valence-electron chi connectivity index (χ1n) is 11.0. The predicted octanol–water partition coefficient (Wildman–Crippen LogP) is 3.73. The van der Waals surface area contributed by atoms with Crippen LogP contribution in [-0.4, -0.2) is 49.1 Å². The molecule has 1 aliphatic heterocycles. The van der Waals surface area contributed by atoms with Crippen molar-refractivity contribution in [2.45, 2.75) is 26.3 Å². The molecule has 184 valence electrons. The number of amides is 2. The summed E-state index contributed by atoms with van der Waals surface area (Å²) in [5, 5.41) is 14.8. The van der Waals surface area contributed by atoms with Gasteiger partial charge in [0.05, 0.1) is 14.2 Å². The molecule has 1 aliphatic rings. The maximum atomic E-state index is 13.2. The van der Waals surface area contributed by atoms with Crippen molar-refractivity contribution in [3.05, 3.63) is 42.0 Å². The van der Waals surface area contributed by atoms with Crippen LogP contribution in [0.4, 0.5) is 5.13 Å². The molecule has 2 N–H and O–H groups in total. The summed E-state index contributed by atoms with van der Waals surface area (Å²) in [6.07, 6.45) is 0.679. The number of nitrogens with zero attached hydrogens (tertiary/aromatic N) is 2. The fourth-order valence-corrected chi connectivity index (χ4v) is 4.21. The molecule has 2 aromatic carbocycles. The number of carbonyl (C=O) groups is 2. The van der Waals surface area contributed by atoms with Gasteiger partial charge in [-0.25, -0.2) is 0 Å².